The van der Waals surface area contributed by atoms with Crippen molar-refractivity contribution in [1.29, 1.82) is 0 Å². The van der Waals surface area contributed by atoms with Gasteiger partial charge in [0.05, 0.1) is 6.10 Å². The SMILES string of the molecule is CC(C)OC(=O)N1CC[C@](C)(C(C)C)C1. The zero-order valence-corrected chi connectivity index (χ0v) is 10.5. The summed E-state index contributed by atoms with van der Waals surface area (Å²) in [6.07, 6.45) is 0.899. The van der Waals surface area contributed by atoms with Crippen LogP contribution in [0.15, 0.2) is 0 Å². The van der Waals surface area contributed by atoms with Gasteiger partial charge in [0.25, 0.3) is 0 Å². The van der Waals surface area contributed by atoms with E-state index in [0.29, 0.717) is 5.92 Å². The Labute approximate surface area is 92.8 Å². The molecule has 1 aliphatic rings. The van der Waals surface area contributed by atoms with Gasteiger partial charge in [0, 0.05) is 13.1 Å². The van der Waals surface area contributed by atoms with E-state index < -0.39 is 0 Å². The van der Waals surface area contributed by atoms with E-state index in [4.69, 9.17) is 4.74 Å². The highest BCUT2D eigenvalue weighted by atomic mass is 16.6. The number of carbonyl (C=O) groups is 1. The summed E-state index contributed by atoms with van der Waals surface area (Å²) in [5.74, 6) is 0.606. The van der Waals surface area contributed by atoms with Gasteiger partial charge in [-0.1, -0.05) is 20.8 Å². The van der Waals surface area contributed by atoms with Crippen molar-refractivity contribution in [2.45, 2.75) is 47.1 Å². The first-order valence-electron chi connectivity index (χ1n) is 5.81. The number of hydrogen-bond donors (Lipinski definition) is 0. The third kappa shape index (κ3) is 2.86. The van der Waals surface area contributed by atoms with Crippen LogP contribution in [0, 0.1) is 11.3 Å². The smallest absolute Gasteiger partial charge is 0.410 e. The van der Waals surface area contributed by atoms with E-state index in [1.54, 1.807) is 0 Å². The molecule has 1 atom stereocenters. The van der Waals surface area contributed by atoms with Crippen LogP contribution >= 0.6 is 0 Å². The summed E-state index contributed by atoms with van der Waals surface area (Å²) in [5, 5.41) is 0. The van der Waals surface area contributed by atoms with Gasteiger partial charge in [-0.15, -0.1) is 0 Å². The molecule has 0 bridgehead atoms. The lowest BCUT2D eigenvalue weighted by molar-refractivity contribution is 0.0783. The van der Waals surface area contributed by atoms with Gasteiger partial charge < -0.3 is 9.64 Å². The average Bonchev–Trinajstić information content (AvgIpc) is 2.48. The maximum Gasteiger partial charge on any atom is 0.410 e. The van der Waals surface area contributed by atoms with Crippen LogP contribution in [0.5, 0.6) is 0 Å². The number of hydrogen-bond acceptors (Lipinski definition) is 2. The lowest BCUT2D eigenvalue weighted by Gasteiger charge is -2.28. The van der Waals surface area contributed by atoms with Crippen LogP contribution in [0.3, 0.4) is 0 Å². The normalized spacial score (nSPS) is 26.5. The fraction of sp³-hybridized carbons (Fsp3) is 0.917. The molecule has 0 spiro atoms. The molecule has 0 aromatic carbocycles. The van der Waals surface area contributed by atoms with E-state index in [1.807, 2.05) is 18.7 Å². The molecule has 1 amide bonds. The van der Waals surface area contributed by atoms with Crippen LogP contribution < -0.4 is 0 Å². The lowest BCUT2D eigenvalue weighted by Crippen LogP contribution is -2.34. The average molecular weight is 213 g/mol. The fourth-order valence-electron chi connectivity index (χ4n) is 1.89. The van der Waals surface area contributed by atoms with Crippen LogP contribution in [-0.2, 0) is 4.74 Å². The van der Waals surface area contributed by atoms with Crippen LogP contribution in [0.2, 0.25) is 0 Å². The minimum Gasteiger partial charge on any atom is -0.447 e. The molecule has 88 valence electrons. The Balaban J connectivity index is 2.52. The third-order valence-corrected chi connectivity index (χ3v) is 3.49. The summed E-state index contributed by atoms with van der Waals surface area (Å²) in [4.78, 5) is 13.5. The first-order valence-corrected chi connectivity index (χ1v) is 5.81. The summed E-state index contributed by atoms with van der Waals surface area (Å²) in [7, 11) is 0. The Morgan fingerprint density at radius 3 is 2.33 bits per heavy atom. The van der Waals surface area contributed by atoms with Gasteiger partial charge in [0.1, 0.15) is 0 Å². The van der Waals surface area contributed by atoms with Gasteiger partial charge in [-0.05, 0) is 31.6 Å². The van der Waals surface area contributed by atoms with Gasteiger partial charge in [-0.3, -0.25) is 0 Å². The second kappa shape index (κ2) is 4.42. The van der Waals surface area contributed by atoms with Crippen molar-refractivity contribution < 1.29 is 9.53 Å². The van der Waals surface area contributed by atoms with E-state index >= 15 is 0 Å². The number of nitrogens with zero attached hydrogens (tertiary/aromatic N) is 1. The van der Waals surface area contributed by atoms with E-state index in [1.165, 1.54) is 0 Å². The number of ether oxygens (including phenoxy) is 1. The van der Waals surface area contributed by atoms with E-state index in [9.17, 15) is 4.79 Å². The monoisotopic (exact) mass is 213 g/mol. The molecule has 0 saturated carbocycles. The Morgan fingerprint density at radius 1 is 1.33 bits per heavy atom. The second-order valence-corrected chi connectivity index (χ2v) is 5.41. The lowest BCUT2D eigenvalue weighted by atomic mass is 9.79. The molecule has 3 heteroatoms. The standard InChI is InChI=1S/C12H23NO2/c1-9(2)12(5)6-7-13(8-12)11(14)15-10(3)4/h9-10H,6-8H2,1-5H3/t12-/m0/s1. The maximum atomic E-state index is 11.7. The second-order valence-electron chi connectivity index (χ2n) is 5.41. The van der Waals surface area contributed by atoms with Crippen molar-refractivity contribution in [2.24, 2.45) is 11.3 Å². The van der Waals surface area contributed by atoms with Gasteiger partial charge in [0.2, 0.25) is 0 Å². The highest BCUT2D eigenvalue weighted by Gasteiger charge is 2.38. The Hall–Kier alpha value is -0.730. The molecule has 1 rings (SSSR count). The summed E-state index contributed by atoms with van der Waals surface area (Å²) >= 11 is 0. The van der Waals surface area contributed by atoms with Crippen molar-refractivity contribution >= 4 is 6.09 Å². The first kappa shape index (κ1) is 12.3. The molecule has 15 heavy (non-hydrogen) atoms. The molecule has 1 heterocycles. The predicted octanol–water partition coefficient (Wildman–Crippen LogP) is 2.90. The largest absolute Gasteiger partial charge is 0.447 e. The molecule has 0 N–H and O–H groups in total. The number of likely N-dealkylation sites (tertiary alicyclic amines) is 1. The molecule has 1 fully saturated rings. The summed E-state index contributed by atoms with van der Waals surface area (Å²) < 4.78 is 5.19. The maximum absolute atomic E-state index is 11.7. The minimum absolute atomic E-state index is 0.0246. The van der Waals surface area contributed by atoms with E-state index in [0.717, 1.165) is 19.5 Å². The molecule has 0 aromatic rings. The molecule has 0 radical (unpaired) electrons. The van der Waals surface area contributed by atoms with Crippen LogP contribution in [0.25, 0.3) is 0 Å². The van der Waals surface area contributed by atoms with Crippen molar-refractivity contribution in [2.75, 3.05) is 13.1 Å². The van der Waals surface area contributed by atoms with Crippen molar-refractivity contribution in [3.63, 3.8) is 0 Å². The molecule has 1 aliphatic heterocycles. The Bertz CT molecular complexity index is 238. The van der Waals surface area contributed by atoms with Gasteiger partial charge in [-0.25, -0.2) is 4.79 Å². The number of amides is 1. The summed E-state index contributed by atoms with van der Waals surface area (Å²) in [6.45, 7) is 12.1. The fourth-order valence-corrected chi connectivity index (χ4v) is 1.89. The van der Waals surface area contributed by atoms with Gasteiger partial charge in [-0.2, -0.15) is 0 Å². The topological polar surface area (TPSA) is 29.5 Å². The molecule has 0 aromatic heterocycles. The molecular formula is C12H23NO2. The quantitative estimate of drug-likeness (QED) is 0.706. The molecular weight excluding hydrogens is 190 g/mol. The molecule has 0 unspecified atom stereocenters. The molecule has 3 nitrogen and oxygen atoms in total. The minimum atomic E-state index is -0.158. The van der Waals surface area contributed by atoms with Crippen LogP contribution in [0.1, 0.15) is 41.0 Å². The van der Waals surface area contributed by atoms with E-state index in [-0.39, 0.29) is 17.6 Å². The highest BCUT2D eigenvalue weighted by Crippen LogP contribution is 2.37. The zero-order chi connectivity index (χ0) is 11.6. The first-order chi connectivity index (χ1) is 6.85. The molecule has 0 aliphatic carbocycles. The van der Waals surface area contributed by atoms with Crippen molar-refractivity contribution in [3.8, 4) is 0 Å². The third-order valence-electron chi connectivity index (χ3n) is 3.49. The zero-order valence-electron chi connectivity index (χ0n) is 10.5. The predicted molar refractivity (Wildman–Crippen MR) is 60.8 cm³/mol. The van der Waals surface area contributed by atoms with Gasteiger partial charge in [0.15, 0.2) is 0 Å². The summed E-state index contributed by atoms with van der Waals surface area (Å²) in [6, 6.07) is 0. The van der Waals surface area contributed by atoms with E-state index in [2.05, 4.69) is 20.8 Å². The van der Waals surface area contributed by atoms with Crippen LogP contribution in [-0.4, -0.2) is 30.2 Å². The summed E-state index contributed by atoms with van der Waals surface area (Å²) in [5.41, 5.74) is 0.260. The number of carbonyl (C=O) groups excluding carboxylic acids is 1. The molecule has 1 saturated heterocycles. The Kier molecular flexibility index (Phi) is 3.63. The van der Waals surface area contributed by atoms with Gasteiger partial charge >= 0.3 is 6.09 Å². The van der Waals surface area contributed by atoms with Crippen LogP contribution in [0.4, 0.5) is 4.79 Å². The van der Waals surface area contributed by atoms with Crippen molar-refractivity contribution in [3.05, 3.63) is 0 Å². The van der Waals surface area contributed by atoms with Crippen molar-refractivity contribution in [1.82, 2.24) is 4.90 Å². The highest BCUT2D eigenvalue weighted by molar-refractivity contribution is 5.68. The Morgan fingerprint density at radius 2 is 1.93 bits per heavy atom. The number of rotatable bonds is 2.